The van der Waals surface area contributed by atoms with Crippen molar-refractivity contribution >= 4 is 0 Å². The molecule has 0 aliphatic heterocycles. The molecule has 3 heterocycles. The molecule has 50 heavy (non-hydrogen) atoms. The molecule has 7 aromatic rings. The minimum Gasteiger partial charge on any atom is -0.264 e. The van der Waals surface area contributed by atoms with Crippen LogP contribution in [-0.4, -0.2) is 24.9 Å². The first kappa shape index (κ1) is 32.7. The van der Waals surface area contributed by atoms with Gasteiger partial charge in [-0.2, -0.15) is 0 Å². The second-order valence-corrected chi connectivity index (χ2v) is 14.8. The lowest BCUT2D eigenvalue weighted by atomic mass is 9.79. The number of hydrogen-bond acceptors (Lipinski definition) is 5. The summed E-state index contributed by atoms with van der Waals surface area (Å²) < 4.78 is 0. The molecule has 0 atom stereocenters. The first-order valence-electron chi connectivity index (χ1n) is 17.1. The number of rotatable bonds is 6. The van der Waals surface area contributed by atoms with E-state index in [0.29, 0.717) is 17.5 Å². The lowest BCUT2D eigenvalue weighted by Gasteiger charge is -2.26. The fraction of sp³-hybridized carbons (Fsp3) is 0.178. The van der Waals surface area contributed by atoms with Crippen molar-refractivity contribution in [2.75, 3.05) is 0 Å². The smallest absolute Gasteiger partial charge is 0.164 e. The molecule has 0 bridgehead atoms. The van der Waals surface area contributed by atoms with Gasteiger partial charge in [0.2, 0.25) is 0 Å². The summed E-state index contributed by atoms with van der Waals surface area (Å²) in [7, 11) is 0. The Morgan fingerprint density at radius 1 is 0.340 bits per heavy atom. The molecule has 7 rings (SSSR count). The Morgan fingerprint density at radius 2 is 0.740 bits per heavy atom. The summed E-state index contributed by atoms with van der Waals surface area (Å²) in [6.07, 6.45) is 7.33. The normalized spacial score (nSPS) is 11.8. The molecule has 0 fully saturated rings. The number of nitrogens with zero attached hydrogens (tertiary/aromatic N) is 5. The molecular weight excluding hydrogens is 611 g/mol. The molecule has 5 heteroatoms. The number of pyridine rings is 2. The molecular formula is C45H41N5. The van der Waals surface area contributed by atoms with Crippen LogP contribution >= 0.6 is 0 Å². The topological polar surface area (TPSA) is 64.5 Å². The third-order valence-electron chi connectivity index (χ3n) is 8.99. The fourth-order valence-corrected chi connectivity index (χ4v) is 5.98. The summed E-state index contributed by atoms with van der Waals surface area (Å²) in [4.78, 5) is 23.9. The first-order valence-corrected chi connectivity index (χ1v) is 17.1. The van der Waals surface area contributed by atoms with Crippen molar-refractivity contribution in [1.29, 1.82) is 0 Å². The van der Waals surface area contributed by atoms with E-state index in [1.54, 1.807) is 12.4 Å². The number of benzene rings is 4. The largest absolute Gasteiger partial charge is 0.264 e. The molecule has 0 aliphatic rings. The van der Waals surface area contributed by atoms with Crippen LogP contribution in [0.2, 0.25) is 0 Å². The second-order valence-electron chi connectivity index (χ2n) is 14.8. The van der Waals surface area contributed by atoms with Crippen LogP contribution in [-0.2, 0) is 10.8 Å². The molecule has 5 nitrogen and oxygen atoms in total. The Kier molecular flexibility index (Phi) is 8.67. The van der Waals surface area contributed by atoms with Crippen molar-refractivity contribution in [3.8, 4) is 67.5 Å². The zero-order valence-corrected chi connectivity index (χ0v) is 29.5. The SMILES string of the molecule is CC(C)(C)c1cc(-c2ccc(-c3nc(-c4ccccc4)nc(-c4cc(-c5cccnc5)cc(-c5cccnc5)c4)n3)cc2)cc(C(C)(C)C)c1. The van der Waals surface area contributed by atoms with Gasteiger partial charge < -0.3 is 0 Å². The van der Waals surface area contributed by atoms with Crippen LogP contribution in [0, 0.1) is 0 Å². The maximum atomic E-state index is 5.11. The van der Waals surface area contributed by atoms with Crippen molar-refractivity contribution in [1.82, 2.24) is 24.9 Å². The van der Waals surface area contributed by atoms with E-state index in [1.165, 1.54) is 16.7 Å². The molecule has 0 amide bonds. The van der Waals surface area contributed by atoms with Crippen molar-refractivity contribution in [2.45, 2.75) is 52.4 Å². The van der Waals surface area contributed by atoms with Crippen LogP contribution in [0.15, 0.2) is 140 Å². The van der Waals surface area contributed by atoms with E-state index in [2.05, 4.69) is 124 Å². The van der Waals surface area contributed by atoms with Crippen LogP contribution in [0.3, 0.4) is 0 Å². The fourth-order valence-electron chi connectivity index (χ4n) is 5.98. The van der Waals surface area contributed by atoms with E-state index in [-0.39, 0.29) is 10.8 Å². The number of aromatic nitrogens is 5. The summed E-state index contributed by atoms with van der Waals surface area (Å²) in [5.74, 6) is 1.84. The van der Waals surface area contributed by atoms with Gasteiger partial charge in [-0.25, -0.2) is 15.0 Å². The van der Waals surface area contributed by atoms with Gasteiger partial charge in [0.25, 0.3) is 0 Å². The van der Waals surface area contributed by atoms with Gasteiger partial charge >= 0.3 is 0 Å². The van der Waals surface area contributed by atoms with Gasteiger partial charge in [-0.1, -0.05) is 126 Å². The Morgan fingerprint density at radius 3 is 1.20 bits per heavy atom. The highest BCUT2D eigenvalue weighted by Crippen LogP contribution is 2.36. The van der Waals surface area contributed by atoms with Gasteiger partial charge in [0, 0.05) is 52.6 Å². The summed E-state index contributed by atoms with van der Waals surface area (Å²) in [5, 5.41) is 0. The van der Waals surface area contributed by atoms with E-state index in [9.17, 15) is 0 Å². The molecule has 0 radical (unpaired) electrons. The standard InChI is InChI=1S/C45H41N5/c1-44(2,3)39-25-37(26-40(27-39)45(4,5)6)30-16-18-32(19-17-30)42-48-41(31-12-8-7-9-13-31)49-43(50-42)38-23-35(33-14-10-20-46-28-33)22-36(24-38)34-15-11-21-47-29-34/h7-29H,1-6H3. The highest BCUT2D eigenvalue weighted by molar-refractivity contribution is 5.80. The predicted molar refractivity (Wildman–Crippen MR) is 205 cm³/mol. The third kappa shape index (κ3) is 7.13. The van der Waals surface area contributed by atoms with Gasteiger partial charge in [-0.05, 0) is 74.5 Å². The minimum absolute atomic E-state index is 0.0380. The van der Waals surface area contributed by atoms with Crippen LogP contribution in [0.4, 0.5) is 0 Å². The second kappa shape index (κ2) is 13.2. The first-order chi connectivity index (χ1) is 24.0. The van der Waals surface area contributed by atoms with Gasteiger partial charge in [0.05, 0.1) is 0 Å². The van der Waals surface area contributed by atoms with Crippen LogP contribution in [0.5, 0.6) is 0 Å². The number of hydrogen-bond donors (Lipinski definition) is 0. The molecule has 3 aromatic heterocycles. The lowest BCUT2D eigenvalue weighted by Crippen LogP contribution is -2.16. The van der Waals surface area contributed by atoms with Gasteiger partial charge in [-0.3, -0.25) is 9.97 Å². The van der Waals surface area contributed by atoms with Gasteiger partial charge in [0.1, 0.15) is 0 Å². The van der Waals surface area contributed by atoms with Crippen LogP contribution < -0.4 is 0 Å². The Bertz CT molecular complexity index is 2160. The molecule has 0 unspecified atom stereocenters. The Hall–Kier alpha value is -5.81. The average molecular weight is 652 g/mol. The summed E-state index contributed by atoms with van der Waals surface area (Å²) in [6, 6.07) is 40.2. The lowest BCUT2D eigenvalue weighted by molar-refractivity contribution is 0.569. The van der Waals surface area contributed by atoms with Crippen LogP contribution in [0.25, 0.3) is 67.5 Å². The van der Waals surface area contributed by atoms with Crippen molar-refractivity contribution in [3.05, 3.63) is 151 Å². The van der Waals surface area contributed by atoms with E-state index in [1.807, 2.05) is 54.9 Å². The highest BCUT2D eigenvalue weighted by atomic mass is 15.0. The van der Waals surface area contributed by atoms with E-state index in [0.717, 1.165) is 44.5 Å². The third-order valence-corrected chi connectivity index (χ3v) is 8.99. The molecule has 0 saturated carbocycles. The maximum absolute atomic E-state index is 5.11. The van der Waals surface area contributed by atoms with Gasteiger partial charge in [0.15, 0.2) is 17.5 Å². The summed E-state index contributed by atoms with van der Waals surface area (Å²) >= 11 is 0. The summed E-state index contributed by atoms with van der Waals surface area (Å²) in [5.41, 5.74) is 11.9. The average Bonchev–Trinajstić information content (AvgIpc) is 3.15. The Balaban J connectivity index is 1.36. The van der Waals surface area contributed by atoms with Crippen molar-refractivity contribution in [3.63, 3.8) is 0 Å². The van der Waals surface area contributed by atoms with Gasteiger partial charge in [-0.15, -0.1) is 0 Å². The summed E-state index contributed by atoms with van der Waals surface area (Å²) in [6.45, 7) is 13.6. The van der Waals surface area contributed by atoms with E-state index >= 15 is 0 Å². The predicted octanol–water partition coefficient (Wildman–Crippen LogP) is 11.3. The monoisotopic (exact) mass is 651 g/mol. The molecule has 0 aliphatic carbocycles. The minimum atomic E-state index is 0.0380. The Labute approximate surface area is 295 Å². The van der Waals surface area contributed by atoms with Crippen LogP contribution in [0.1, 0.15) is 52.7 Å². The molecule has 0 N–H and O–H groups in total. The zero-order valence-electron chi connectivity index (χ0n) is 29.5. The highest BCUT2D eigenvalue weighted by Gasteiger charge is 2.21. The van der Waals surface area contributed by atoms with E-state index < -0.39 is 0 Å². The molecule has 0 spiro atoms. The van der Waals surface area contributed by atoms with E-state index in [4.69, 9.17) is 15.0 Å². The maximum Gasteiger partial charge on any atom is 0.164 e. The molecule has 4 aromatic carbocycles. The van der Waals surface area contributed by atoms with Crippen molar-refractivity contribution < 1.29 is 0 Å². The quantitative estimate of drug-likeness (QED) is 0.179. The molecule has 0 saturated heterocycles. The zero-order chi connectivity index (χ0) is 34.9. The molecule has 246 valence electrons. The van der Waals surface area contributed by atoms with Crippen molar-refractivity contribution in [2.24, 2.45) is 0 Å².